The van der Waals surface area contributed by atoms with Crippen molar-refractivity contribution in [2.75, 3.05) is 19.1 Å². The topological polar surface area (TPSA) is 129 Å². The Morgan fingerprint density at radius 3 is 2.35 bits per heavy atom. The molecule has 2 saturated heterocycles. The minimum atomic E-state index is -4.75. The highest BCUT2D eigenvalue weighted by Crippen LogP contribution is 2.64. The lowest BCUT2D eigenvalue weighted by Gasteiger charge is -2.50. The summed E-state index contributed by atoms with van der Waals surface area (Å²) in [5, 5.41) is 11.1. The average molecular weight is 778 g/mol. The molecule has 0 unspecified atom stereocenters. The average Bonchev–Trinajstić information content (AvgIpc) is 3.47. The number of aromatic hydroxyl groups is 1. The number of anilines is 1. The van der Waals surface area contributed by atoms with Crippen molar-refractivity contribution in [3.05, 3.63) is 92.1 Å². The lowest BCUT2D eigenvalue weighted by Crippen LogP contribution is -2.53. The Bertz CT molecular complexity index is 2060. The van der Waals surface area contributed by atoms with Crippen LogP contribution < -0.4 is 10.2 Å². The number of allylic oxidation sites excluding steroid dienone is 2. The monoisotopic (exact) mass is 776 g/mol. The van der Waals surface area contributed by atoms with Crippen molar-refractivity contribution in [2.24, 2.45) is 23.7 Å². The molecule has 52 heavy (non-hydrogen) atoms. The molecule has 2 aliphatic carbocycles. The summed E-state index contributed by atoms with van der Waals surface area (Å²) in [5.41, 5.74) is 1.03. The summed E-state index contributed by atoms with van der Waals surface area (Å²) in [6.07, 6.45) is -1.68. The van der Waals surface area contributed by atoms with Crippen molar-refractivity contribution >= 4 is 64.2 Å². The second-order valence-corrected chi connectivity index (χ2v) is 14.6. The summed E-state index contributed by atoms with van der Waals surface area (Å²) in [4.78, 5) is 62.6. The van der Waals surface area contributed by atoms with Gasteiger partial charge in [0.05, 0.1) is 45.9 Å². The lowest BCUT2D eigenvalue weighted by molar-refractivity contribution is -0.141. The number of rotatable bonds is 7. The summed E-state index contributed by atoms with van der Waals surface area (Å²) >= 11 is 19.1. The van der Waals surface area contributed by atoms with Crippen LogP contribution in [0.3, 0.4) is 0 Å². The van der Waals surface area contributed by atoms with Gasteiger partial charge in [-0.25, -0.2) is 4.98 Å². The number of phenolic OH excluding ortho intramolecular Hbond substituents is 1. The van der Waals surface area contributed by atoms with E-state index in [1.54, 1.807) is 24.3 Å². The molecular formula is C36H30Cl3F3N4O6. The number of carbonyl (C=O) groups excluding carboxylic acids is 4. The summed E-state index contributed by atoms with van der Waals surface area (Å²) in [7, 11) is 1.32. The number of fused-ring (bicyclic) bond motifs is 4. The number of carbonyl (C=O) groups is 4. The number of amides is 4. The Kier molecular flexibility index (Phi) is 8.98. The van der Waals surface area contributed by atoms with Gasteiger partial charge in [-0.05, 0) is 66.6 Å². The number of likely N-dealkylation sites (tertiary alicyclic amines) is 1. The molecule has 0 spiro atoms. The quantitative estimate of drug-likeness (QED) is 0.191. The number of hydrogen-bond donors (Lipinski definition) is 2. The second kappa shape index (κ2) is 13.0. The third-order valence-electron chi connectivity index (χ3n) is 10.7. The number of ether oxygens (including phenoxy) is 1. The van der Waals surface area contributed by atoms with E-state index in [0.29, 0.717) is 45.4 Å². The van der Waals surface area contributed by atoms with Crippen molar-refractivity contribution < 1.29 is 42.2 Å². The molecule has 4 aliphatic rings. The van der Waals surface area contributed by atoms with Crippen LogP contribution in [-0.4, -0.2) is 57.3 Å². The first-order chi connectivity index (χ1) is 24.6. The maximum absolute atomic E-state index is 15.2. The summed E-state index contributed by atoms with van der Waals surface area (Å²) < 4.78 is 45.7. The van der Waals surface area contributed by atoms with Crippen LogP contribution in [0.1, 0.15) is 48.8 Å². The Labute approximate surface area is 310 Å². The van der Waals surface area contributed by atoms with Crippen LogP contribution in [0.25, 0.3) is 0 Å². The predicted molar refractivity (Wildman–Crippen MR) is 184 cm³/mol. The number of benzene rings is 2. The molecule has 4 amide bonds. The summed E-state index contributed by atoms with van der Waals surface area (Å²) in [5.74, 6) is -7.39. The van der Waals surface area contributed by atoms with E-state index in [-0.39, 0.29) is 53.5 Å². The zero-order valence-electron chi connectivity index (χ0n) is 27.5. The standard InChI is InChI=1S/C36H30Cl3F3N4O6/c1-3-10-45-31(48)21-9-8-20-22(27(21)33(45)50)14-23-32(49)46(44-30-25(39)13-18(15-43-30)36(40,41)42)34(51)35(23,17-4-6-19(37)7-5-17)28(20)16-11-24(38)29(47)26(12-16)52-2/h4-8,11-13,15,21-23,27-28,47H,3,9-10,14H2,1-2H3,(H,43,44)/t21-,22+,23-,27-,28-,35+/m0/s1. The molecule has 1 saturated carbocycles. The van der Waals surface area contributed by atoms with E-state index < -0.39 is 63.6 Å². The fourth-order valence-corrected chi connectivity index (χ4v) is 9.14. The number of alkyl halides is 3. The van der Waals surface area contributed by atoms with Crippen LogP contribution in [0.15, 0.2) is 60.3 Å². The molecule has 2 N–H and O–H groups in total. The minimum Gasteiger partial charge on any atom is -0.503 e. The molecule has 7 rings (SSSR count). The zero-order chi connectivity index (χ0) is 37.4. The highest BCUT2D eigenvalue weighted by Gasteiger charge is 2.70. The first kappa shape index (κ1) is 36.0. The van der Waals surface area contributed by atoms with Crippen LogP contribution >= 0.6 is 34.8 Å². The van der Waals surface area contributed by atoms with Gasteiger partial charge >= 0.3 is 6.18 Å². The van der Waals surface area contributed by atoms with Crippen LogP contribution in [0.4, 0.5) is 19.0 Å². The maximum atomic E-state index is 15.2. The van der Waals surface area contributed by atoms with E-state index in [1.165, 1.54) is 24.1 Å². The number of methoxy groups -OCH3 is 1. The molecule has 2 aliphatic heterocycles. The SMILES string of the molecule is CCCN1C(=O)[C@H]2[C@H](CC=C3[C@H]2C[C@H]2C(=O)N(Nc4ncc(C(F)(F)F)cc4Cl)C(=O)[C@@]2(c2ccc(Cl)cc2)[C@H]3c2cc(Cl)c(O)c(OC)c2)C1=O. The molecule has 3 fully saturated rings. The van der Waals surface area contributed by atoms with Crippen molar-refractivity contribution in [3.8, 4) is 11.5 Å². The van der Waals surface area contributed by atoms with Gasteiger partial charge in [-0.1, -0.05) is 65.5 Å². The van der Waals surface area contributed by atoms with E-state index in [0.717, 1.165) is 0 Å². The van der Waals surface area contributed by atoms with Crippen LogP contribution in [0.2, 0.25) is 15.1 Å². The smallest absolute Gasteiger partial charge is 0.417 e. The normalized spacial score (nSPS) is 27.0. The number of hydrogen-bond acceptors (Lipinski definition) is 8. The Morgan fingerprint density at radius 1 is 1.00 bits per heavy atom. The minimum absolute atomic E-state index is 0.0181. The van der Waals surface area contributed by atoms with Crippen molar-refractivity contribution in [1.82, 2.24) is 14.9 Å². The summed E-state index contributed by atoms with van der Waals surface area (Å²) in [6.45, 7) is 2.09. The van der Waals surface area contributed by atoms with E-state index >= 15 is 4.79 Å². The largest absolute Gasteiger partial charge is 0.503 e. The number of nitrogens with zero attached hydrogens (tertiary/aromatic N) is 3. The fourth-order valence-electron chi connectivity index (χ4n) is 8.58. The van der Waals surface area contributed by atoms with Gasteiger partial charge in [0.15, 0.2) is 17.3 Å². The molecule has 3 aromatic rings. The van der Waals surface area contributed by atoms with Gasteiger partial charge in [-0.15, -0.1) is 0 Å². The maximum Gasteiger partial charge on any atom is 0.417 e. The van der Waals surface area contributed by atoms with E-state index in [9.17, 15) is 32.7 Å². The predicted octanol–water partition coefficient (Wildman–Crippen LogP) is 7.17. The van der Waals surface area contributed by atoms with E-state index in [4.69, 9.17) is 39.5 Å². The molecule has 0 bridgehead atoms. The number of imide groups is 2. The van der Waals surface area contributed by atoms with Crippen LogP contribution in [-0.2, 0) is 30.8 Å². The third kappa shape index (κ3) is 5.34. The van der Waals surface area contributed by atoms with Gasteiger partial charge in [0.2, 0.25) is 11.8 Å². The first-order valence-corrected chi connectivity index (χ1v) is 17.5. The second-order valence-electron chi connectivity index (χ2n) is 13.3. The molecule has 2 aromatic carbocycles. The lowest BCUT2D eigenvalue weighted by atomic mass is 9.49. The van der Waals surface area contributed by atoms with Gasteiger partial charge < -0.3 is 9.84 Å². The molecule has 1 aromatic heterocycles. The number of aromatic nitrogens is 1. The third-order valence-corrected chi connectivity index (χ3v) is 11.5. The van der Waals surface area contributed by atoms with Crippen LogP contribution in [0.5, 0.6) is 11.5 Å². The Hall–Kier alpha value is -4.33. The van der Waals surface area contributed by atoms with Crippen molar-refractivity contribution in [1.29, 1.82) is 0 Å². The number of nitrogens with one attached hydrogen (secondary N) is 1. The highest BCUT2D eigenvalue weighted by molar-refractivity contribution is 6.33. The van der Waals surface area contributed by atoms with E-state index in [2.05, 4.69) is 10.4 Å². The van der Waals surface area contributed by atoms with Crippen molar-refractivity contribution in [3.63, 3.8) is 0 Å². The Morgan fingerprint density at radius 2 is 1.71 bits per heavy atom. The number of pyridine rings is 1. The summed E-state index contributed by atoms with van der Waals surface area (Å²) in [6, 6.07) is 9.93. The number of hydrazine groups is 1. The van der Waals surface area contributed by atoms with Gasteiger partial charge in [0.1, 0.15) is 0 Å². The molecule has 3 heterocycles. The first-order valence-electron chi connectivity index (χ1n) is 16.4. The number of halogens is 6. The molecule has 272 valence electrons. The molecular weight excluding hydrogens is 748 g/mol. The van der Waals surface area contributed by atoms with Gasteiger partial charge in [-0.3, -0.25) is 29.5 Å². The van der Waals surface area contributed by atoms with Crippen LogP contribution in [0, 0.1) is 23.7 Å². The van der Waals surface area contributed by atoms with Gasteiger partial charge in [0, 0.05) is 23.7 Å². The molecule has 0 radical (unpaired) electrons. The van der Waals surface area contributed by atoms with Gasteiger partial charge in [-0.2, -0.15) is 18.2 Å². The van der Waals surface area contributed by atoms with Crippen molar-refractivity contribution in [2.45, 2.75) is 43.7 Å². The fraction of sp³-hybridized carbons (Fsp3) is 0.361. The Balaban J connectivity index is 1.46. The van der Waals surface area contributed by atoms with E-state index in [1.807, 2.05) is 13.0 Å². The molecule has 16 heteroatoms. The number of phenols is 1. The molecule has 6 atom stereocenters. The molecule has 10 nitrogen and oxygen atoms in total. The zero-order valence-corrected chi connectivity index (χ0v) is 29.8. The van der Waals surface area contributed by atoms with Gasteiger partial charge in [0.25, 0.3) is 11.8 Å². The highest BCUT2D eigenvalue weighted by atomic mass is 35.5.